The average Bonchev–Trinajstić information content (AvgIpc) is 2.46. The second-order valence-electron chi connectivity index (χ2n) is 5.50. The Balaban J connectivity index is 2.20. The Labute approximate surface area is 133 Å². The van der Waals surface area contributed by atoms with Crippen LogP contribution < -0.4 is 10.1 Å². The molecule has 0 aliphatic rings. The van der Waals surface area contributed by atoms with Crippen LogP contribution >= 0.6 is 0 Å². The lowest BCUT2D eigenvalue weighted by molar-refractivity contribution is -0.122. The van der Waals surface area contributed by atoms with Crippen molar-refractivity contribution < 1.29 is 14.3 Å². The fraction of sp³-hybridized carbons (Fsp3) is 0.588. The summed E-state index contributed by atoms with van der Waals surface area (Å²) in [6, 6.07) is 6.06. The maximum absolute atomic E-state index is 11.8. The summed E-state index contributed by atoms with van der Waals surface area (Å²) in [6.45, 7) is 7.00. The van der Waals surface area contributed by atoms with Gasteiger partial charge in [-0.3, -0.25) is 9.69 Å². The van der Waals surface area contributed by atoms with Gasteiger partial charge in [-0.15, -0.1) is 0 Å². The van der Waals surface area contributed by atoms with Crippen molar-refractivity contribution in [2.24, 2.45) is 0 Å². The smallest absolute Gasteiger partial charge is 0.234 e. The molecule has 1 rings (SSSR count). The third-order valence-corrected chi connectivity index (χ3v) is 3.38. The van der Waals surface area contributed by atoms with Crippen molar-refractivity contribution in [3.63, 3.8) is 0 Å². The van der Waals surface area contributed by atoms with Crippen LogP contribution in [0.3, 0.4) is 0 Å². The largest absolute Gasteiger partial charge is 0.491 e. The van der Waals surface area contributed by atoms with E-state index in [1.54, 1.807) is 7.11 Å². The third kappa shape index (κ3) is 6.91. The number of likely N-dealkylation sites (N-methyl/N-ethyl adjacent to an activating group) is 1. The molecule has 0 saturated carbocycles. The molecule has 0 saturated heterocycles. The van der Waals surface area contributed by atoms with E-state index in [0.29, 0.717) is 19.7 Å². The molecule has 0 spiro atoms. The molecule has 1 aromatic rings. The SMILES string of the molecule is COCCCN(C)CC(=O)NCCOc1c(C)cccc1C. The summed E-state index contributed by atoms with van der Waals surface area (Å²) in [4.78, 5) is 13.8. The topological polar surface area (TPSA) is 50.8 Å². The van der Waals surface area contributed by atoms with Crippen molar-refractivity contribution in [2.75, 3.05) is 47.0 Å². The summed E-state index contributed by atoms with van der Waals surface area (Å²) < 4.78 is 10.8. The summed E-state index contributed by atoms with van der Waals surface area (Å²) in [5, 5.41) is 2.88. The fourth-order valence-electron chi connectivity index (χ4n) is 2.23. The number of nitrogens with one attached hydrogen (secondary N) is 1. The lowest BCUT2D eigenvalue weighted by Gasteiger charge is -2.16. The highest BCUT2D eigenvalue weighted by atomic mass is 16.5. The number of rotatable bonds is 10. The Morgan fingerprint density at radius 3 is 2.55 bits per heavy atom. The van der Waals surface area contributed by atoms with E-state index < -0.39 is 0 Å². The molecule has 5 heteroatoms. The van der Waals surface area contributed by atoms with Crippen LogP contribution in [-0.2, 0) is 9.53 Å². The molecule has 0 radical (unpaired) electrons. The molecule has 0 aliphatic carbocycles. The molecule has 0 aliphatic heterocycles. The van der Waals surface area contributed by atoms with Gasteiger partial charge in [-0.1, -0.05) is 18.2 Å². The minimum Gasteiger partial charge on any atom is -0.491 e. The van der Waals surface area contributed by atoms with E-state index in [1.807, 2.05) is 44.0 Å². The van der Waals surface area contributed by atoms with Gasteiger partial charge in [-0.25, -0.2) is 0 Å². The van der Waals surface area contributed by atoms with Crippen LogP contribution in [0.5, 0.6) is 5.75 Å². The minimum atomic E-state index is 0.0185. The van der Waals surface area contributed by atoms with Crippen molar-refractivity contribution in [1.82, 2.24) is 10.2 Å². The zero-order valence-electron chi connectivity index (χ0n) is 14.1. The molecular formula is C17H28N2O3. The Hall–Kier alpha value is -1.59. The van der Waals surface area contributed by atoms with Crippen molar-refractivity contribution in [3.05, 3.63) is 29.3 Å². The minimum absolute atomic E-state index is 0.0185. The van der Waals surface area contributed by atoms with Crippen LogP contribution in [0, 0.1) is 13.8 Å². The van der Waals surface area contributed by atoms with E-state index >= 15 is 0 Å². The van der Waals surface area contributed by atoms with Crippen LogP contribution in [0.1, 0.15) is 17.5 Å². The Morgan fingerprint density at radius 2 is 1.91 bits per heavy atom. The molecule has 22 heavy (non-hydrogen) atoms. The molecule has 0 aromatic heterocycles. The van der Waals surface area contributed by atoms with Crippen molar-refractivity contribution in [1.29, 1.82) is 0 Å². The number of carbonyl (C=O) groups excluding carboxylic acids is 1. The summed E-state index contributed by atoms with van der Waals surface area (Å²) in [5.74, 6) is 0.929. The van der Waals surface area contributed by atoms with Gasteiger partial charge >= 0.3 is 0 Å². The Bertz CT molecular complexity index is 443. The van der Waals surface area contributed by atoms with E-state index in [4.69, 9.17) is 9.47 Å². The van der Waals surface area contributed by atoms with Crippen LogP contribution in [0.25, 0.3) is 0 Å². The zero-order valence-corrected chi connectivity index (χ0v) is 14.1. The van der Waals surface area contributed by atoms with Gasteiger partial charge < -0.3 is 14.8 Å². The Morgan fingerprint density at radius 1 is 1.23 bits per heavy atom. The van der Waals surface area contributed by atoms with Crippen LogP contribution in [0.2, 0.25) is 0 Å². The third-order valence-electron chi connectivity index (χ3n) is 3.38. The summed E-state index contributed by atoms with van der Waals surface area (Å²) in [5.41, 5.74) is 2.23. The molecule has 1 N–H and O–H groups in total. The van der Waals surface area contributed by atoms with Crippen LogP contribution in [-0.4, -0.2) is 57.8 Å². The first-order valence-electron chi connectivity index (χ1n) is 7.67. The molecule has 0 unspecified atom stereocenters. The summed E-state index contributed by atoms with van der Waals surface area (Å²) >= 11 is 0. The van der Waals surface area contributed by atoms with Crippen molar-refractivity contribution in [3.8, 4) is 5.75 Å². The maximum atomic E-state index is 11.8. The van der Waals surface area contributed by atoms with E-state index in [9.17, 15) is 4.79 Å². The number of hydrogen-bond acceptors (Lipinski definition) is 4. The van der Waals surface area contributed by atoms with E-state index in [0.717, 1.165) is 36.4 Å². The highest BCUT2D eigenvalue weighted by Crippen LogP contribution is 2.21. The van der Waals surface area contributed by atoms with Gasteiger partial charge in [0.05, 0.1) is 13.1 Å². The lowest BCUT2D eigenvalue weighted by atomic mass is 10.1. The van der Waals surface area contributed by atoms with Crippen LogP contribution in [0.15, 0.2) is 18.2 Å². The van der Waals surface area contributed by atoms with Gasteiger partial charge in [-0.05, 0) is 38.4 Å². The highest BCUT2D eigenvalue weighted by Gasteiger charge is 2.06. The number of hydrogen-bond donors (Lipinski definition) is 1. The highest BCUT2D eigenvalue weighted by molar-refractivity contribution is 5.77. The number of benzene rings is 1. The molecule has 0 bridgehead atoms. The van der Waals surface area contributed by atoms with Crippen LogP contribution in [0.4, 0.5) is 0 Å². The quantitative estimate of drug-likeness (QED) is 0.669. The molecule has 0 atom stereocenters. The number of ether oxygens (including phenoxy) is 2. The molecular weight excluding hydrogens is 280 g/mol. The van der Waals surface area contributed by atoms with Gasteiger partial charge in [0.25, 0.3) is 0 Å². The van der Waals surface area contributed by atoms with E-state index in [2.05, 4.69) is 5.32 Å². The predicted octanol–water partition coefficient (Wildman–Crippen LogP) is 1.77. The van der Waals surface area contributed by atoms with Crippen molar-refractivity contribution in [2.45, 2.75) is 20.3 Å². The first-order valence-corrected chi connectivity index (χ1v) is 7.67. The zero-order chi connectivity index (χ0) is 16.4. The predicted molar refractivity (Wildman–Crippen MR) is 88.4 cm³/mol. The average molecular weight is 308 g/mol. The fourth-order valence-corrected chi connectivity index (χ4v) is 2.23. The number of nitrogens with zero attached hydrogens (tertiary/aromatic N) is 1. The standard InChI is InChI=1S/C17H28N2O3/c1-14-7-5-8-15(2)17(14)22-12-9-18-16(20)13-19(3)10-6-11-21-4/h5,7-8H,6,9-13H2,1-4H3,(H,18,20). The summed E-state index contributed by atoms with van der Waals surface area (Å²) in [6.07, 6.45) is 0.927. The van der Waals surface area contributed by atoms with Gasteiger partial charge in [-0.2, -0.15) is 0 Å². The molecule has 1 amide bonds. The Kier molecular flexibility index (Phi) is 8.55. The van der Waals surface area contributed by atoms with Gasteiger partial charge in [0.2, 0.25) is 5.91 Å². The first kappa shape index (κ1) is 18.5. The number of amides is 1. The molecule has 124 valence electrons. The number of aryl methyl sites for hydroxylation is 2. The molecule has 5 nitrogen and oxygen atoms in total. The lowest BCUT2D eigenvalue weighted by Crippen LogP contribution is -2.37. The van der Waals surface area contributed by atoms with Gasteiger partial charge in [0.1, 0.15) is 12.4 Å². The maximum Gasteiger partial charge on any atom is 0.234 e. The second kappa shape index (κ2) is 10.2. The van der Waals surface area contributed by atoms with Gasteiger partial charge in [0, 0.05) is 20.3 Å². The molecule has 1 aromatic carbocycles. The van der Waals surface area contributed by atoms with Crippen molar-refractivity contribution >= 4 is 5.91 Å². The number of methoxy groups -OCH3 is 1. The van der Waals surface area contributed by atoms with Gasteiger partial charge in [0.15, 0.2) is 0 Å². The van der Waals surface area contributed by atoms with E-state index in [1.165, 1.54) is 0 Å². The summed E-state index contributed by atoms with van der Waals surface area (Å²) in [7, 11) is 3.62. The number of carbonyl (C=O) groups is 1. The first-order chi connectivity index (χ1) is 10.5. The molecule has 0 fully saturated rings. The molecule has 0 heterocycles. The normalized spacial score (nSPS) is 10.8. The van der Waals surface area contributed by atoms with E-state index in [-0.39, 0.29) is 5.91 Å². The number of para-hydroxylation sites is 1. The monoisotopic (exact) mass is 308 g/mol. The second-order valence-corrected chi connectivity index (χ2v) is 5.50.